The zero-order valence-electron chi connectivity index (χ0n) is 19.1. The maximum atomic E-state index is 5.04. The van der Waals surface area contributed by atoms with Gasteiger partial charge in [-0.3, -0.25) is 0 Å². The van der Waals surface area contributed by atoms with Gasteiger partial charge in [0.1, 0.15) is 5.65 Å². The smallest absolute Gasteiger partial charge is 0.165 e. The lowest BCUT2D eigenvalue weighted by molar-refractivity contribution is 0.907. The molecule has 0 radical (unpaired) electrons. The van der Waals surface area contributed by atoms with Crippen LogP contribution in [0.25, 0.3) is 33.5 Å². The van der Waals surface area contributed by atoms with Gasteiger partial charge in [-0.25, -0.2) is 4.98 Å². The number of aromatic nitrogens is 4. The Hall–Kier alpha value is -3.40. The maximum Gasteiger partial charge on any atom is 0.165 e. The fourth-order valence-corrected chi connectivity index (χ4v) is 5.01. The second-order valence-corrected chi connectivity index (χ2v) is 8.57. The third-order valence-electron chi connectivity index (χ3n) is 6.32. The minimum absolute atomic E-state index is 0.923. The Bertz CT molecular complexity index is 1440. The minimum Gasteiger partial charge on any atom is -0.301 e. The third-order valence-corrected chi connectivity index (χ3v) is 6.32. The summed E-state index contributed by atoms with van der Waals surface area (Å²) >= 11 is 0. The molecule has 156 valence electrons. The van der Waals surface area contributed by atoms with Crippen molar-refractivity contribution in [2.75, 3.05) is 0 Å². The van der Waals surface area contributed by atoms with E-state index in [0.717, 1.165) is 40.1 Å². The predicted molar refractivity (Wildman–Crippen MR) is 128 cm³/mol. The van der Waals surface area contributed by atoms with Crippen LogP contribution >= 0.6 is 0 Å². The first-order valence-corrected chi connectivity index (χ1v) is 10.9. The van der Waals surface area contributed by atoms with Crippen molar-refractivity contribution in [3.8, 4) is 16.8 Å². The van der Waals surface area contributed by atoms with E-state index in [1.165, 1.54) is 33.5 Å². The molecule has 4 nitrogen and oxygen atoms in total. The lowest BCUT2D eigenvalue weighted by atomic mass is 9.94. The molecule has 0 amide bonds. The first-order valence-electron chi connectivity index (χ1n) is 10.9. The van der Waals surface area contributed by atoms with Crippen molar-refractivity contribution in [1.82, 2.24) is 19.2 Å². The molecule has 0 atom stereocenters. The van der Waals surface area contributed by atoms with Gasteiger partial charge in [-0.05, 0) is 75.4 Å². The second-order valence-electron chi connectivity index (χ2n) is 8.57. The van der Waals surface area contributed by atoms with Gasteiger partial charge in [-0.2, -0.15) is 9.61 Å². The number of rotatable bonds is 3. The number of benzene rings is 2. The molecule has 0 N–H and O–H groups in total. The van der Waals surface area contributed by atoms with Crippen LogP contribution in [0.2, 0.25) is 0 Å². The highest BCUT2D eigenvalue weighted by atomic mass is 15.3. The average Bonchev–Trinajstić information content (AvgIpc) is 3.30. The van der Waals surface area contributed by atoms with E-state index in [1.807, 2.05) is 4.52 Å². The molecule has 0 spiro atoms. The molecule has 5 rings (SSSR count). The molecule has 0 fully saturated rings. The van der Waals surface area contributed by atoms with Gasteiger partial charge in [0, 0.05) is 11.6 Å². The molecule has 0 bridgehead atoms. The van der Waals surface area contributed by atoms with E-state index in [0.29, 0.717) is 0 Å². The first kappa shape index (κ1) is 19.6. The number of aryl methyl sites for hydroxylation is 6. The molecule has 3 aromatic heterocycles. The monoisotopic (exact) mass is 408 g/mol. The van der Waals surface area contributed by atoms with Crippen molar-refractivity contribution in [2.24, 2.45) is 0 Å². The fourth-order valence-electron chi connectivity index (χ4n) is 5.01. The van der Waals surface area contributed by atoms with Crippen molar-refractivity contribution in [3.63, 3.8) is 0 Å². The molecule has 0 saturated heterocycles. The van der Waals surface area contributed by atoms with Crippen LogP contribution in [0.1, 0.15) is 40.6 Å². The van der Waals surface area contributed by atoms with Crippen LogP contribution in [0.5, 0.6) is 0 Å². The Kier molecular flexibility index (Phi) is 4.47. The van der Waals surface area contributed by atoms with Gasteiger partial charge in [0.15, 0.2) is 5.65 Å². The van der Waals surface area contributed by atoms with Gasteiger partial charge in [0.05, 0.1) is 22.6 Å². The number of nitrogens with zero attached hydrogens (tertiary/aromatic N) is 4. The van der Waals surface area contributed by atoms with Gasteiger partial charge in [0.25, 0.3) is 0 Å². The Morgan fingerprint density at radius 2 is 1.55 bits per heavy atom. The normalized spacial score (nSPS) is 11.7. The van der Waals surface area contributed by atoms with Crippen LogP contribution in [0.3, 0.4) is 0 Å². The number of hydrogen-bond donors (Lipinski definition) is 0. The van der Waals surface area contributed by atoms with Gasteiger partial charge >= 0.3 is 0 Å². The zero-order valence-corrected chi connectivity index (χ0v) is 19.1. The number of hydrogen-bond acceptors (Lipinski definition) is 2. The highest BCUT2D eigenvalue weighted by Gasteiger charge is 2.21. The molecule has 3 heterocycles. The SMILES string of the molecule is CCc1ccccc1-n1ccc2c(C)nc3c(-c4c(C)cc(C)cc4C)c(C)nn3c21. The highest BCUT2D eigenvalue weighted by molar-refractivity contribution is 5.90. The number of fused-ring (bicyclic) bond motifs is 3. The van der Waals surface area contributed by atoms with Gasteiger partial charge in [0.2, 0.25) is 0 Å². The molecule has 5 aromatic rings. The van der Waals surface area contributed by atoms with Crippen LogP contribution < -0.4 is 0 Å². The van der Waals surface area contributed by atoms with Crippen LogP contribution in [0, 0.1) is 34.6 Å². The minimum atomic E-state index is 0.923. The quantitative estimate of drug-likeness (QED) is 0.344. The molecule has 0 aliphatic carbocycles. The van der Waals surface area contributed by atoms with Crippen LogP contribution in [0.4, 0.5) is 0 Å². The van der Waals surface area contributed by atoms with Crippen molar-refractivity contribution < 1.29 is 0 Å². The van der Waals surface area contributed by atoms with Crippen LogP contribution in [-0.4, -0.2) is 19.2 Å². The topological polar surface area (TPSA) is 35.1 Å². The first-order chi connectivity index (χ1) is 14.9. The van der Waals surface area contributed by atoms with Gasteiger partial charge in [-0.15, -0.1) is 0 Å². The lowest BCUT2D eigenvalue weighted by Gasteiger charge is -2.13. The molecule has 31 heavy (non-hydrogen) atoms. The van der Waals surface area contributed by atoms with E-state index in [1.54, 1.807) is 0 Å². The summed E-state index contributed by atoms with van der Waals surface area (Å²) in [6.45, 7) is 12.9. The zero-order chi connectivity index (χ0) is 21.9. The summed E-state index contributed by atoms with van der Waals surface area (Å²) in [5.74, 6) is 0. The molecule has 0 aliphatic rings. The van der Waals surface area contributed by atoms with E-state index in [9.17, 15) is 0 Å². The van der Waals surface area contributed by atoms with Crippen molar-refractivity contribution in [1.29, 1.82) is 0 Å². The van der Waals surface area contributed by atoms with Crippen LogP contribution in [0.15, 0.2) is 48.7 Å². The Labute approximate surface area is 183 Å². The Morgan fingerprint density at radius 3 is 2.26 bits per heavy atom. The molecule has 2 aromatic carbocycles. The van der Waals surface area contributed by atoms with Gasteiger partial charge in [-0.1, -0.05) is 42.8 Å². The number of para-hydroxylation sites is 1. The summed E-state index contributed by atoms with van der Waals surface area (Å²) in [4.78, 5) is 5.04. The van der Waals surface area contributed by atoms with E-state index in [4.69, 9.17) is 10.1 Å². The van der Waals surface area contributed by atoms with Gasteiger partial charge < -0.3 is 4.57 Å². The van der Waals surface area contributed by atoms with E-state index in [2.05, 4.69) is 94.8 Å². The maximum absolute atomic E-state index is 5.04. The summed E-state index contributed by atoms with van der Waals surface area (Å²) in [7, 11) is 0. The van der Waals surface area contributed by atoms with Crippen molar-refractivity contribution in [2.45, 2.75) is 48.0 Å². The van der Waals surface area contributed by atoms with E-state index in [-0.39, 0.29) is 0 Å². The van der Waals surface area contributed by atoms with E-state index >= 15 is 0 Å². The molecule has 0 saturated carbocycles. The lowest BCUT2D eigenvalue weighted by Crippen LogP contribution is -2.04. The molecule has 4 heteroatoms. The summed E-state index contributed by atoms with van der Waals surface area (Å²) in [5.41, 5.74) is 12.7. The second kappa shape index (κ2) is 7.09. The fraction of sp³-hybridized carbons (Fsp3) is 0.259. The van der Waals surface area contributed by atoms with Crippen molar-refractivity contribution >= 4 is 16.7 Å². The van der Waals surface area contributed by atoms with Crippen LogP contribution in [-0.2, 0) is 6.42 Å². The third kappa shape index (κ3) is 2.89. The summed E-state index contributed by atoms with van der Waals surface area (Å²) in [6, 6.07) is 15.2. The van der Waals surface area contributed by atoms with E-state index < -0.39 is 0 Å². The predicted octanol–water partition coefficient (Wildman–Crippen LogP) is 6.44. The average molecular weight is 409 g/mol. The molecule has 0 aliphatic heterocycles. The summed E-state index contributed by atoms with van der Waals surface area (Å²) in [5, 5.41) is 6.14. The summed E-state index contributed by atoms with van der Waals surface area (Å²) < 4.78 is 4.30. The standard InChI is InChI=1S/C27H28N4/c1-7-21-10-8-9-11-23(21)30-13-12-22-19(5)28-26-25(20(6)29-31(26)27(22)30)24-17(3)14-16(2)15-18(24)4/h8-15H,7H2,1-6H3. The molecular weight excluding hydrogens is 380 g/mol. The Balaban J connectivity index is 1.90. The summed E-state index contributed by atoms with van der Waals surface area (Å²) in [6.07, 6.45) is 3.13. The molecular formula is C27H28N4. The Morgan fingerprint density at radius 1 is 0.839 bits per heavy atom. The van der Waals surface area contributed by atoms with Crippen molar-refractivity contribution in [3.05, 3.63) is 82.3 Å². The highest BCUT2D eigenvalue weighted by Crippen LogP contribution is 2.36. The molecule has 0 unspecified atom stereocenters. The largest absolute Gasteiger partial charge is 0.301 e.